The van der Waals surface area contributed by atoms with Gasteiger partial charge in [-0.3, -0.25) is 9.79 Å². The molecule has 1 aromatic rings. The maximum atomic E-state index is 11.8. The van der Waals surface area contributed by atoms with Gasteiger partial charge < -0.3 is 10.1 Å². The summed E-state index contributed by atoms with van der Waals surface area (Å²) in [5.41, 5.74) is 0.749. The molecular weight excluding hydrogens is 252 g/mol. The van der Waals surface area contributed by atoms with E-state index in [1.165, 1.54) is 0 Å². The molecular formula is C13H15ClN2O2. The number of nitrogens with one attached hydrogen (secondary N) is 1. The number of methoxy groups -OCH3 is 1. The molecule has 4 nitrogen and oxygen atoms in total. The first kappa shape index (κ1) is 12.9. The molecule has 5 heteroatoms. The smallest absolute Gasteiger partial charge is 0.250 e. The Morgan fingerprint density at radius 3 is 2.72 bits per heavy atom. The number of nitrogens with zero attached hydrogens (tertiary/aromatic N) is 1. The minimum atomic E-state index is -0.333. The van der Waals surface area contributed by atoms with Gasteiger partial charge in [0.1, 0.15) is 17.6 Å². The standard InChI is InChI=1S/C13H15ClN2O2/c1-7(2)11-13(17)16-12(15-11)9-5-4-8(14)6-10(9)18-3/h4-7,11H,1-3H3,(H,15,16,17). The van der Waals surface area contributed by atoms with Crippen LogP contribution in [0.4, 0.5) is 0 Å². The van der Waals surface area contributed by atoms with Crippen LogP contribution in [-0.4, -0.2) is 24.9 Å². The summed E-state index contributed by atoms with van der Waals surface area (Å²) in [4.78, 5) is 16.2. The second kappa shape index (κ2) is 4.98. The van der Waals surface area contributed by atoms with Crippen molar-refractivity contribution in [3.8, 4) is 5.75 Å². The summed E-state index contributed by atoms with van der Waals surface area (Å²) in [5.74, 6) is 1.25. The number of carbonyl (C=O) groups excluding carboxylic acids is 1. The van der Waals surface area contributed by atoms with E-state index in [0.29, 0.717) is 16.6 Å². The van der Waals surface area contributed by atoms with Gasteiger partial charge in [0.2, 0.25) is 0 Å². The highest BCUT2D eigenvalue weighted by Crippen LogP contribution is 2.25. The van der Waals surface area contributed by atoms with Gasteiger partial charge in [0, 0.05) is 5.02 Å². The molecule has 0 aromatic heterocycles. The third-order valence-electron chi connectivity index (χ3n) is 2.83. The van der Waals surface area contributed by atoms with E-state index in [1.807, 2.05) is 13.8 Å². The van der Waals surface area contributed by atoms with E-state index in [4.69, 9.17) is 16.3 Å². The van der Waals surface area contributed by atoms with Gasteiger partial charge in [-0.1, -0.05) is 25.4 Å². The highest BCUT2D eigenvalue weighted by atomic mass is 35.5. The van der Waals surface area contributed by atoms with Crippen LogP contribution in [0.25, 0.3) is 0 Å². The summed E-state index contributed by atoms with van der Waals surface area (Å²) in [7, 11) is 1.56. The van der Waals surface area contributed by atoms with Crippen molar-refractivity contribution in [3.05, 3.63) is 28.8 Å². The Morgan fingerprint density at radius 2 is 2.17 bits per heavy atom. The van der Waals surface area contributed by atoms with Crippen molar-refractivity contribution in [2.45, 2.75) is 19.9 Å². The van der Waals surface area contributed by atoms with Gasteiger partial charge in [-0.05, 0) is 24.1 Å². The fraction of sp³-hybridized carbons (Fsp3) is 0.385. The quantitative estimate of drug-likeness (QED) is 0.912. The fourth-order valence-electron chi connectivity index (χ4n) is 1.87. The van der Waals surface area contributed by atoms with Crippen LogP contribution in [0, 0.1) is 5.92 Å². The van der Waals surface area contributed by atoms with Crippen molar-refractivity contribution in [1.29, 1.82) is 0 Å². The molecule has 1 atom stereocenters. The van der Waals surface area contributed by atoms with E-state index in [9.17, 15) is 4.79 Å². The lowest BCUT2D eigenvalue weighted by Gasteiger charge is -2.08. The van der Waals surface area contributed by atoms with Crippen molar-refractivity contribution in [3.63, 3.8) is 0 Å². The average Bonchev–Trinajstić information content (AvgIpc) is 2.71. The van der Waals surface area contributed by atoms with Gasteiger partial charge in [0.05, 0.1) is 12.7 Å². The third kappa shape index (κ3) is 2.34. The molecule has 1 aliphatic heterocycles. The number of carbonyl (C=O) groups is 1. The first-order valence-corrected chi connectivity index (χ1v) is 6.13. The summed E-state index contributed by atoms with van der Waals surface area (Å²) in [6.45, 7) is 3.94. The monoisotopic (exact) mass is 266 g/mol. The Bertz CT molecular complexity index is 512. The Morgan fingerprint density at radius 1 is 1.44 bits per heavy atom. The number of hydrogen-bond acceptors (Lipinski definition) is 3. The van der Waals surface area contributed by atoms with Crippen LogP contribution in [0.2, 0.25) is 5.02 Å². The molecule has 1 unspecified atom stereocenters. The van der Waals surface area contributed by atoms with E-state index in [0.717, 1.165) is 5.56 Å². The van der Waals surface area contributed by atoms with Crippen molar-refractivity contribution in [1.82, 2.24) is 5.32 Å². The lowest BCUT2D eigenvalue weighted by Crippen LogP contribution is -2.31. The predicted octanol–water partition coefficient (Wildman–Crippen LogP) is 2.25. The second-order valence-corrected chi connectivity index (χ2v) is 4.94. The van der Waals surface area contributed by atoms with E-state index >= 15 is 0 Å². The van der Waals surface area contributed by atoms with Gasteiger partial charge in [-0.15, -0.1) is 0 Å². The number of amides is 1. The molecule has 1 N–H and O–H groups in total. The maximum Gasteiger partial charge on any atom is 0.250 e. The molecule has 0 spiro atoms. The van der Waals surface area contributed by atoms with Crippen LogP contribution in [0.1, 0.15) is 19.4 Å². The molecule has 0 fully saturated rings. The van der Waals surface area contributed by atoms with E-state index in [2.05, 4.69) is 10.3 Å². The first-order chi connectivity index (χ1) is 8.52. The van der Waals surface area contributed by atoms with Crippen molar-refractivity contribution in [2.75, 3.05) is 7.11 Å². The predicted molar refractivity (Wildman–Crippen MR) is 71.3 cm³/mol. The van der Waals surface area contributed by atoms with Crippen LogP contribution in [-0.2, 0) is 4.79 Å². The Labute approximate surface area is 111 Å². The molecule has 0 bridgehead atoms. The Kier molecular flexibility index (Phi) is 3.57. The summed E-state index contributed by atoms with van der Waals surface area (Å²) in [5, 5.41) is 3.37. The van der Waals surface area contributed by atoms with E-state index in [-0.39, 0.29) is 17.9 Å². The molecule has 0 saturated heterocycles. The molecule has 18 heavy (non-hydrogen) atoms. The molecule has 1 amide bonds. The van der Waals surface area contributed by atoms with Crippen LogP contribution < -0.4 is 10.1 Å². The number of hydrogen-bond donors (Lipinski definition) is 1. The normalized spacial score (nSPS) is 18.8. The van der Waals surface area contributed by atoms with E-state index < -0.39 is 0 Å². The lowest BCUT2D eigenvalue weighted by molar-refractivity contribution is -0.120. The minimum absolute atomic E-state index is 0.0722. The van der Waals surface area contributed by atoms with Crippen LogP contribution in [0.5, 0.6) is 5.75 Å². The van der Waals surface area contributed by atoms with Gasteiger partial charge in [0.15, 0.2) is 0 Å². The fourth-order valence-corrected chi connectivity index (χ4v) is 2.03. The molecule has 0 aliphatic carbocycles. The van der Waals surface area contributed by atoms with Gasteiger partial charge in [-0.25, -0.2) is 0 Å². The summed E-state index contributed by atoms with van der Waals surface area (Å²) in [6.07, 6.45) is 0. The largest absolute Gasteiger partial charge is 0.496 e. The average molecular weight is 267 g/mol. The van der Waals surface area contributed by atoms with Gasteiger partial charge in [-0.2, -0.15) is 0 Å². The number of aliphatic imine (C=N–C) groups is 1. The lowest BCUT2D eigenvalue weighted by atomic mass is 10.1. The first-order valence-electron chi connectivity index (χ1n) is 5.75. The maximum absolute atomic E-state index is 11.8. The summed E-state index contributed by atoms with van der Waals surface area (Å²) >= 11 is 5.90. The summed E-state index contributed by atoms with van der Waals surface area (Å²) in [6, 6.07) is 4.91. The van der Waals surface area contributed by atoms with Crippen molar-refractivity contribution < 1.29 is 9.53 Å². The topological polar surface area (TPSA) is 50.7 Å². The van der Waals surface area contributed by atoms with Crippen LogP contribution >= 0.6 is 11.6 Å². The minimum Gasteiger partial charge on any atom is -0.496 e. The van der Waals surface area contributed by atoms with Crippen molar-refractivity contribution >= 4 is 23.3 Å². The zero-order valence-corrected chi connectivity index (χ0v) is 11.3. The molecule has 1 aliphatic rings. The molecule has 1 aromatic carbocycles. The number of halogens is 1. The number of ether oxygens (including phenoxy) is 1. The summed E-state index contributed by atoms with van der Waals surface area (Å²) < 4.78 is 5.25. The van der Waals surface area contributed by atoms with Gasteiger partial charge in [0.25, 0.3) is 5.91 Å². The van der Waals surface area contributed by atoms with Crippen molar-refractivity contribution in [2.24, 2.45) is 10.9 Å². The number of benzene rings is 1. The molecule has 0 radical (unpaired) electrons. The second-order valence-electron chi connectivity index (χ2n) is 4.50. The zero-order valence-electron chi connectivity index (χ0n) is 10.5. The SMILES string of the molecule is COc1cc(Cl)ccc1C1=NC(C(C)C)C(=O)N1. The molecule has 2 rings (SSSR count). The Balaban J connectivity index is 2.39. The molecule has 0 saturated carbocycles. The third-order valence-corrected chi connectivity index (χ3v) is 3.06. The highest BCUT2D eigenvalue weighted by molar-refractivity contribution is 6.31. The number of rotatable bonds is 3. The number of amidine groups is 1. The molecule has 1 heterocycles. The van der Waals surface area contributed by atoms with Gasteiger partial charge >= 0.3 is 0 Å². The zero-order chi connectivity index (χ0) is 13.3. The van der Waals surface area contributed by atoms with Crippen LogP contribution in [0.15, 0.2) is 23.2 Å². The van der Waals surface area contributed by atoms with E-state index in [1.54, 1.807) is 25.3 Å². The highest BCUT2D eigenvalue weighted by Gasteiger charge is 2.30. The Hall–Kier alpha value is -1.55. The van der Waals surface area contributed by atoms with Crippen LogP contribution in [0.3, 0.4) is 0 Å². The molecule has 96 valence electrons.